The molecule has 0 spiro atoms. The first-order chi connectivity index (χ1) is 15.6. The highest BCUT2D eigenvalue weighted by atomic mass is 127. The van der Waals surface area contributed by atoms with Crippen LogP contribution < -0.4 is 15.4 Å². The van der Waals surface area contributed by atoms with Gasteiger partial charge in [-0.25, -0.2) is 4.98 Å². The van der Waals surface area contributed by atoms with Crippen molar-refractivity contribution in [2.45, 2.75) is 39.7 Å². The molecule has 0 radical (unpaired) electrons. The fraction of sp³-hybridized carbons (Fsp3) is 0.520. The second-order valence-corrected chi connectivity index (χ2v) is 8.19. The molecule has 0 amide bonds. The predicted molar refractivity (Wildman–Crippen MR) is 143 cm³/mol. The summed E-state index contributed by atoms with van der Waals surface area (Å²) in [4.78, 5) is 8.62. The van der Waals surface area contributed by atoms with Gasteiger partial charge in [0, 0.05) is 58.8 Å². The Morgan fingerprint density at radius 2 is 1.94 bits per heavy atom. The van der Waals surface area contributed by atoms with Gasteiger partial charge in [-0.05, 0) is 73.9 Å². The molecule has 0 unspecified atom stereocenters. The Labute approximate surface area is 214 Å². The number of aryl methyl sites for hydroxylation is 2. The average Bonchev–Trinajstić information content (AvgIpc) is 2.81. The predicted octanol–water partition coefficient (Wildman–Crippen LogP) is 4.61. The van der Waals surface area contributed by atoms with E-state index in [0.717, 1.165) is 69.5 Å². The lowest BCUT2D eigenvalue weighted by atomic mass is 10.0. The smallest absolute Gasteiger partial charge is 0.219 e. The molecular formula is C25H37IN4O3. The van der Waals surface area contributed by atoms with E-state index in [0.29, 0.717) is 18.3 Å². The van der Waals surface area contributed by atoms with Crippen molar-refractivity contribution in [3.05, 3.63) is 53.2 Å². The lowest BCUT2D eigenvalue weighted by molar-refractivity contribution is 0.0203. The number of pyridine rings is 1. The first-order valence-corrected chi connectivity index (χ1v) is 11.4. The molecule has 1 aromatic heterocycles. The van der Waals surface area contributed by atoms with Crippen molar-refractivity contribution in [1.82, 2.24) is 15.6 Å². The summed E-state index contributed by atoms with van der Waals surface area (Å²) in [6, 6.07) is 9.97. The van der Waals surface area contributed by atoms with Crippen LogP contribution in [0.3, 0.4) is 0 Å². The highest BCUT2D eigenvalue weighted by molar-refractivity contribution is 14.0. The van der Waals surface area contributed by atoms with Crippen molar-refractivity contribution in [2.75, 3.05) is 40.0 Å². The van der Waals surface area contributed by atoms with Gasteiger partial charge in [-0.1, -0.05) is 6.07 Å². The molecule has 1 saturated heterocycles. The lowest BCUT2D eigenvalue weighted by Crippen LogP contribution is -2.37. The highest BCUT2D eigenvalue weighted by Crippen LogP contribution is 2.22. The van der Waals surface area contributed by atoms with Gasteiger partial charge in [0.15, 0.2) is 5.96 Å². The SMILES string of the molecule is CN=C(NCCCOCC1CCOCC1)NCc1ccnc(Oc2ccc(C)c(C)c2)c1.I. The van der Waals surface area contributed by atoms with Gasteiger partial charge < -0.3 is 24.8 Å². The largest absolute Gasteiger partial charge is 0.439 e. The monoisotopic (exact) mass is 568 g/mol. The summed E-state index contributed by atoms with van der Waals surface area (Å²) in [5.74, 6) is 2.79. The Hall–Kier alpha value is -1.91. The maximum Gasteiger partial charge on any atom is 0.219 e. The van der Waals surface area contributed by atoms with Crippen LogP contribution in [0.5, 0.6) is 11.6 Å². The molecule has 8 heteroatoms. The van der Waals surface area contributed by atoms with Crippen LogP contribution >= 0.6 is 24.0 Å². The molecule has 2 aromatic rings. The number of guanidine groups is 1. The molecule has 0 bridgehead atoms. The standard InChI is InChI=1S/C25H36N4O3.HI/c1-19-5-6-23(15-20(19)2)32-24-16-22(7-11-27-24)17-29-25(26-3)28-10-4-12-31-18-21-8-13-30-14-9-21;/h5-7,11,15-16,21H,4,8-10,12-14,17-18H2,1-3H3,(H2,26,28,29);1H. The molecule has 1 aliphatic heterocycles. The van der Waals surface area contributed by atoms with E-state index in [9.17, 15) is 0 Å². The summed E-state index contributed by atoms with van der Waals surface area (Å²) in [6.45, 7) is 8.94. The summed E-state index contributed by atoms with van der Waals surface area (Å²) >= 11 is 0. The molecule has 2 N–H and O–H groups in total. The molecule has 0 atom stereocenters. The zero-order valence-corrected chi connectivity index (χ0v) is 22.3. The van der Waals surface area contributed by atoms with E-state index >= 15 is 0 Å². The molecule has 7 nitrogen and oxygen atoms in total. The molecule has 2 heterocycles. The van der Waals surface area contributed by atoms with Gasteiger partial charge in [-0.3, -0.25) is 4.99 Å². The topological polar surface area (TPSA) is 77.0 Å². The molecule has 3 rings (SSSR count). The number of aliphatic imine (C=N–C) groups is 1. The fourth-order valence-corrected chi connectivity index (χ4v) is 3.46. The third kappa shape index (κ3) is 9.85. The Morgan fingerprint density at radius 3 is 2.70 bits per heavy atom. The van der Waals surface area contributed by atoms with Gasteiger partial charge >= 0.3 is 0 Å². The Balaban J connectivity index is 0.00000385. The van der Waals surface area contributed by atoms with Crippen LogP contribution in [0.25, 0.3) is 0 Å². The van der Waals surface area contributed by atoms with Crippen molar-refractivity contribution in [3.63, 3.8) is 0 Å². The lowest BCUT2D eigenvalue weighted by Gasteiger charge is -2.21. The van der Waals surface area contributed by atoms with Gasteiger partial charge in [0.1, 0.15) is 5.75 Å². The minimum atomic E-state index is 0. The number of hydrogen-bond donors (Lipinski definition) is 2. The van der Waals surface area contributed by atoms with E-state index in [-0.39, 0.29) is 24.0 Å². The summed E-state index contributed by atoms with van der Waals surface area (Å²) in [5, 5.41) is 6.67. The summed E-state index contributed by atoms with van der Waals surface area (Å²) in [5.41, 5.74) is 3.51. The van der Waals surface area contributed by atoms with Gasteiger partial charge in [0.05, 0.1) is 0 Å². The summed E-state index contributed by atoms with van der Waals surface area (Å²) in [6.07, 6.45) is 4.93. The van der Waals surface area contributed by atoms with Crippen molar-refractivity contribution >= 4 is 29.9 Å². The second kappa shape index (κ2) is 15.1. The van der Waals surface area contributed by atoms with Crippen LogP contribution in [-0.2, 0) is 16.0 Å². The third-order valence-electron chi connectivity index (χ3n) is 5.64. The molecule has 182 valence electrons. The molecule has 1 fully saturated rings. The third-order valence-corrected chi connectivity index (χ3v) is 5.64. The van der Waals surface area contributed by atoms with Crippen LogP contribution in [0.2, 0.25) is 0 Å². The normalized spacial score (nSPS) is 14.5. The number of benzene rings is 1. The number of rotatable bonds is 10. The van der Waals surface area contributed by atoms with E-state index < -0.39 is 0 Å². The molecule has 0 saturated carbocycles. The molecule has 33 heavy (non-hydrogen) atoms. The maximum atomic E-state index is 5.93. The van der Waals surface area contributed by atoms with Crippen molar-refractivity contribution in [3.8, 4) is 11.6 Å². The number of hydrogen-bond acceptors (Lipinski definition) is 5. The van der Waals surface area contributed by atoms with Crippen LogP contribution in [0.1, 0.15) is 36.0 Å². The molecule has 1 aromatic carbocycles. The second-order valence-electron chi connectivity index (χ2n) is 8.19. The maximum absolute atomic E-state index is 5.93. The number of nitrogens with zero attached hydrogens (tertiary/aromatic N) is 2. The van der Waals surface area contributed by atoms with Crippen LogP contribution in [0.15, 0.2) is 41.5 Å². The molecule has 0 aliphatic carbocycles. The zero-order valence-electron chi connectivity index (χ0n) is 19.9. The van der Waals surface area contributed by atoms with E-state index in [2.05, 4.69) is 40.5 Å². The number of halogens is 1. The highest BCUT2D eigenvalue weighted by Gasteiger charge is 2.13. The zero-order chi connectivity index (χ0) is 22.6. The fourth-order valence-electron chi connectivity index (χ4n) is 3.46. The van der Waals surface area contributed by atoms with Gasteiger partial charge in [0.25, 0.3) is 0 Å². The summed E-state index contributed by atoms with van der Waals surface area (Å²) < 4.78 is 17.1. The minimum absolute atomic E-state index is 0. The van der Waals surface area contributed by atoms with Crippen molar-refractivity contribution in [1.29, 1.82) is 0 Å². The van der Waals surface area contributed by atoms with Crippen LogP contribution in [0.4, 0.5) is 0 Å². The van der Waals surface area contributed by atoms with Crippen molar-refractivity contribution < 1.29 is 14.2 Å². The Bertz CT molecular complexity index is 872. The number of ether oxygens (including phenoxy) is 3. The Morgan fingerprint density at radius 1 is 1.12 bits per heavy atom. The minimum Gasteiger partial charge on any atom is -0.439 e. The Kier molecular flexibility index (Phi) is 12.5. The average molecular weight is 569 g/mol. The van der Waals surface area contributed by atoms with Gasteiger partial charge in [-0.15, -0.1) is 24.0 Å². The van der Waals surface area contributed by atoms with Gasteiger partial charge in [0.2, 0.25) is 5.88 Å². The first-order valence-electron chi connectivity index (χ1n) is 11.4. The summed E-state index contributed by atoms with van der Waals surface area (Å²) in [7, 11) is 1.78. The molecule has 1 aliphatic rings. The number of nitrogens with one attached hydrogen (secondary N) is 2. The van der Waals surface area contributed by atoms with E-state index in [1.807, 2.05) is 24.3 Å². The van der Waals surface area contributed by atoms with E-state index in [1.54, 1.807) is 13.2 Å². The first kappa shape index (κ1) is 27.3. The van der Waals surface area contributed by atoms with Crippen LogP contribution in [0, 0.1) is 19.8 Å². The van der Waals surface area contributed by atoms with Crippen molar-refractivity contribution in [2.24, 2.45) is 10.9 Å². The van der Waals surface area contributed by atoms with Crippen LogP contribution in [-0.4, -0.2) is 51.0 Å². The van der Waals surface area contributed by atoms with E-state index in [1.165, 1.54) is 11.1 Å². The van der Waals surface area contributed by atoms with Gasteiger partial charge in [-0.2, -0.15) is 0 Å². The molecular weight excluding hydrogens is 531 g/mol. The quantitative estimate of drug-likeness (QED) is 0.189. The number of aromatic nitrogens is 1. The van der Waals surface area contributed by atoms with E-state index in [4.69, 9.17) is 14.2 Å².